The Morgan fingerprint density at radius 3 is 0.868 bits per heavy atom. The van der Waals surface area contributed by atoms with Crippen molar-refractivity contribution >= 4 is 46.8 Å². The van der Waals surface area contributed by atoms with E-state index in [4.69, 9.17) is 0 Å². The molecular weight excluding hydrogens is 510 g/mol. The summed E-state index contributed by atoms with van der Waals surface area (Å²) in [4.78, 5) is 14.7. The molecule has 5 nitrogen and oxygen atoms in total. The third-order valence-electron chi connectivity index (χ3n) is 6.69. The smallest absolute Gasteiger partial charge is 0.289 e. The van der Waals surface area contributed by atoms with E-state index < -0.39 is 20.3 Å². The summed E-state index contributed by atoms with van der Waals surface area (Å²) in [5.74, 6) is 0. The van der Waals surface area contributed by atoms with Crippen molar-refractivity contribution in [3.05, 3.63) is 156 Å². The van der Waals surface area contributed by atoms with Crippen LogP contribution in [-0.2, 0) is 9.13 Å². The molecule has 7 heteroatoms. The molecule has 6 rings (SSSR count). The van der Waals surface area contributed by atoms with E-state index in [0.29, 0.717) is 32.3 Å². The van der Waals surface area contributed by atoms with E-state index >= 15 is 9.13 Å². The second-order valence-electron chi connectivity index (χ2n) is 8.89. The molecule has 1 aromatic heterocycles. The van der Waals surface area contributed by atoms with Crippen LogP contribution < -0.4 is 26.9 Å². The molecule has 0 saturated heterocycles. The van der Waals surface area contributed by atoms with Gasteiger partial charge in [-0.25, -0.2) is 13.5 Å². The molecule has 0 spiro atoms. The number of nitrogens with zero attached hydrogens (tertiary/aromatic N) is 2. The van der Waals surface area contributed by atoms with Gasteiger partial charge in [-0.1, -0.05) is 84.9 Å². The van der Waals surface area contributed by atoms with Crippen LogP contribution in [0.25, 0.3) is 11.0 Å². The van der Waals surface area contributed by atoms with Crippen molar-refractivity contribution in [1.82, 2.24) is 8.68 Å². The van der Waals surface area contributed by atoms with Crippen molar-refractivity contribution in [2.45, 2.75) is 0 Å². The minimum absolute atomic E-state index is 0.459. The van der Waals surface area contributed by atoms with Gasteiger partial charge in [0.15, 0.2) is 0 Å². The van der Waals surface area contributed by atoms with Crippen LogP contribution in [0.2, 0.25) is 0 Å². The van der Waals surface area contributed by atoms with Gasteiger partial charge in [0, 0.05) is 21.2 Å². The quantitative estimate of drug-likeness (QED) is 0.271. The summed E-state index contributed by atoms with van der Waals surface area (Å²) in [6.07, 6.45) is 0. The van der Waals surface area contributed by atoms with Crippen LogP contribution in [-0.4, -0.2) is 8.68 Å². The maximum Gasteiger partial charge on any atom is 0.341 e. The molecule has 186 valence electrons. The van der Waals surface area contributed by atoms with Gasteiger partial charge in [-0.15, -0.1) is 0 Å². The third-order valence-corrected chi connectivity index (χ3v) is 12.6. The van der Waals surface area contributed by atoms with Crippen LogP contribution in [0.15, 0.2) is 150 Å². The van der Waals surface area contributed by atoms with E-state index in [-0.39, 0.29) is 0 Å². The Morgan fingerprint density at radius 1 is 0.368 bits per heavy atom. The summed E-state index contributed by atoms with van der Waals surface area (Å²) in [5.41, 5.74) is 0.333. The molecule has 0 atom stereocenters. The molecule has 38 heavy (non-hydrogen) atoms. The minimum atomic E-state index is -3.73. The predicted molar refractivity (Wildman–Crippen MR) is 157 cm³/mol. The number of para-hydroxylation sites is 2. The van der Waals surface area contributed by atoms with Gasteiger partial charge in [0.2, 0.25) is 14.6 Å². The molecule has 0 bridgehead atoms. The molecule has 0 aliphatic heterocycles. The molecule has 0 aliphatic rings. The summed E-state index contributed by atoms with van der Waals surface area (Å²) < 4.78 is 33.4. The van der Waals surface area contributed by atoms with Gasteiger partial charge in [-0.05, 0) is 60.7 Å². The summed E-state index contributed by atoms with van der Waals surface area (Å²) in [5, 5.41) is 2.08. The number of hydrogen-bond donors (Lipinski definition) is 0. The van der Waals surface area contributed by atoms with Gasteiger partial charge >= 0.3 is 5.69 Å². The van der Waals surface area contributed by atoms with Gasteiger partial charge in [-0.3, -0.25) is 9.13 Å². The van der Waals surface area contributed by atoms with Gasteiger partial charge in [0.25, 0.3) is 0 Å². The lowest BCUT2D eigenvalue weighted by Crippen LogP contribution is -2.33. The fraction of sp³-hybridized carbons (Fsp3) is 0. The van der Waals surface area contributed by atoms with Crippen molar-refractivity contribution in [3.63, 3.8) is 0 Å². The first-order valence-corrected chi connectivity index (χ1v) is 15.5. The molecule has 0 amide bonds. The molecule has 0 aliphatic carbocycles. The van der Waals surface area contributed by atoms with Gasteiger partial charge < -0.3 is 0 Å². The van der Waals surface area contributed by atoms with Crippen LogP contribution >= 0.6 is 14.6 Å². The molecule has 0 N–H and O–H groups in total. The van der Waals surface area contributed by atoms with Crippen molar-refractivity contribution in [2.24, 2.45) is 0 Å². The molecule has 0 saturated carbocycles. The molecule has 0 radical (unpaired) electrons. The lowest BCUT2D eigenvalue weighted by atomic mass is 10.3. The molecule has 5 aromatic carbocycles. The fourth-order valence-corrected chi connectivity index (χ4v) is 10.4. The Hall–Kier alpha value is -4.17. The van der Waals surface area contributed by atoms with Crippen molar-refractivity contribution < 1.29 is 9.13 Å². The first-order chi connectivity index (χ1) is 18.6. The third kappa shape index (κ3) is 3.67. The topological polar surface area (TPSA) is 61.1 Å². The zero-order chi connectivity index (χ0) is 26.2. The summed E-state index contributed by atoms with van der Waals surface area (Å²) in [7, 11) is -7.46. The van der Waals surface area contributed by atoms with E-state index in [1.54, 1.807) is 72.8 Å². The zero-order valence-corrected chi connectivity index (χ0v) is 22.2. The number of fused-ring (bicyclic) bond motifs is 1. The average molecular weight is 534 g/mol. The molecule has 0 fully saturated rings. The largest absolute Gasteiger partial charge is 0.341 e. The van der Waals surface area contributed by atoms with Crippen LogP contribution in [0, 0.1) is 0 Å². The summed E-state index contributed by atoms with van der Waals surface area (Å²) >= 11 is 0. The normalized spacial score (nSPS) is 12.0. The Kier molecular flexibility index (Phi) is 6.12. The lowest BCUT2D eigenvalue weighted by Gasteiger charge is -2.22. The predicted octanol–water partition coefficient (Wildman–Crippen LogP) is 5.36. The molecular formula is C31H24N2O3P2. The first-order valence-electron chi connectivity index (χ1n) is 12.2. The first kappa shape index (κ1) is 24.2. The Balaban J connectivity index is 1.78. The highest BCUT2D eigenvalue weighted by Gasteiger charge is 2.39. The average Bonchev–Trinajstić information content (AvgIpc) is 3.30. The Bertz CT molecular complexity index is 1660. The van der Waals surface area contributed by atoms with Crippen LogP contribution in [0.4, 0.5) is 0 Å². The number of hydrogen-bond acceptors (Lipinski definition) is 3. The monoisotopic (exact) mass is 534 g/mol. The van der Waals surface area contributed by atoms with E-state index in [0.717, 1.165) is 0 Å². The van der Waals surface area contributed by atoms with Crippen molar-refractivity contribution in [3.8, 4) is 0 Å². The highest BCUT2D eigenvalue weighted by molar-refractivity contribution is 7.78. The van der Waals surface area contributed by atoms with E-state index in [2.05, 4.69) is 0 Å². The van der Waals surface area contributed by atoms with Gasteiger partial charge in [0.05, 0.1) is 11.0 Å². The van der Waals surface area contributed by atoms with E-state index in [1.807, 2.05) is 72.8 Å². The summed E-state index contributed by atoms with van der Waals surface area (Å²) in [6, 6.07) is 43.3. The summed E-state index contributed by atoms with van der Waals surface area (Å²) in [6.45, 7) is 0. The van der Waals surface area contributed by atoms with Crippen LogP contribution in [0.5, 0.6) is 0 Å². The van der Waals surface area contributed by atoms with E-state index in [9.17, 15) is 4.79 Å². The molecule has 6 aromatic rings. The van der Waals surface area contributed by atoms with Crippen molar-refractivity contribution in [1.29, 1.82) is 0 Å². The lowest BCUT2D eigenvalue weighted by molar-refractivity contribution is 0.578. The number of imidazole rings is 1. The second-order valence-corrected chi connectivity index (χ2v) is 14.1. The highest BCUT2D eigenvalue weighted by Crippen LogP contribution is 2.50. The molecule has 0 unspecified atom stereocenters. The maximum absolute atomic E-state index is 15.3. The van der Waals surface area contributed by atoms with Crippen LogP contribution in [0.1, 0.15) is 0 Å². The van der Waals surface area contributed by atoms with Crippen LogP contribution in [0.3, 0.4) is 0 Å². The number of rotatable bonds is 6. The number of benzene rings is 5. The van der Waals surface area contributed by atoms with Gasteiger partial charge in [0.1, 0.15) is 0 Å². The minimum Gasteiger partial charge on any atom is -0.289 e. The SMILES string of the molecule is O=c1n(P(=O)(c2ccccc2)c2ccccc2)c2ccccc2n1P(=O)(c1ccccc1)c1ccccc1. The highest BCUT2D eigenvalue weighted by atomic mass is 31.2. The fourth-order valence-electron chi connectivity index (χ4n) is 4.94. The zero-order valence-electron chi connectivity index (χ0n) is 20.4. The Labute approximate surface area is 220 Å². The Morgan fingerprint density at radius 2 is 0.605 bits per heavy atom. The molecule has 1 heterocycles. The number of aromatic nitrogens is 2. The van der Waals surface area contributed by atoms with Gasteiger partial charge in [-0.2, -0.15) is 0 Å². The second kappa shape index (κ2) is 9.61. The maximum atomic E-state index is 15.3. The van der Waals surface area contributed by atoms with E-state index in [1.165, 1.54) is 8.68 Å². The van der Waals surface area contributed by atoms with Crippen molar-refractivity contribution in [2.75, 3.05) is 0 Å². The standard InChI is InChI=1S/C31H24N2O3P2/c34-31-32(37(35,25-15-5-1-6-16-25)26-17-7-2-8-18-26)29-23-13-14-24-30(29)33(31)38(36,27-19-9-3-10-20-27)28-21-11-4-12-22-28/h1-24H.